The van der Waals surface area contributed by atoms with Crippen molar-refractivity contribution in [2.45, 2.75) is 9.92 Å². The number of benzene rings is 2. The van der Waals surface area contributed by atoms with Crippen LogP contribution >= 0.6 is 23.4 Å². The number of amides is 1. The maximum absolute atomic E-state index is 11.9. The molecule has 0 aliphatic rings. The van der Waals surface area contributed by atoms with Gasteiger partial charge in [0.2, 0.25) is 0 Å². The number of hydrogen-bond donors (Lipinski definition) is 3. The molecular weight excluding hydrogens is 386 g/mol. The van der Waals surface area contributed by atoms with Gasteiger partial charge in [0.1, 0.15) is 22.8 Å². The first kappa shape index (κ1) is 18.8. The Bertz CT molecular complexity index is 909. The van der Waals surface area contributed by atoms with Gasteiger partial charge in [0, 0.05) is 9.92 Å². The highest BCUT2D eigenvalue weighted by Crippen LogP contribution is 2.33. The summed E-state index contributed by atoms with van der Waals surface area (Å²) in [7, 11) is 0. The van der Waals surface area contributed by atoms with Gasteiger partial charge in [-0.3, -0.25) is 15.6 Å². The summed E-state index contributed by atoms with van der Waals surface area (Å²) in [5, 5.41) is 1.21. The molecule has 4 N–H and O–H groups in total. The summed E-state index contributed by atoms with van der Waals surface area (Å²) in [5.41, 5.74) is 11.6. The van der Waals surface area contributed by atoms with Crippen LogP contribution in [0.1, 0.15) is 0 Å². The van der Waals surface area contributed by atoms with Crippen molar-refractivity contribution < 1.29 is 9.53 Å². The number of ether oxygens (including phenoxy) is 1. The Morgan fingerprint density at radius 3 is 2.59 bits per heavy atom. The van der Waals surface area contributed by atoms with Crippen molar-refractivity contribution in [1.82, 2.24) is 15.4 Å². The smallest absolute Gasteiger partial charge is 0.276 e. The van der Waals surface area contributed by atoms with Gasteiger partial charge < -0.3 is 10.5 Å². The molecule has 0 bridgehead atoms. The second-order valence-electron chi connectivity index (χ2n) is 5.27. The van der Waals surface area contributed by atoms with Gasteiger partial charge in [-0.2, -0.15) is 0 Å². The maximum Gasteiger partial charge on any atom is 0.276 e. The van der Waals surface area contributed by atoms with E-state index in [-0.39, 0.29) is 12.5 Å². The van der Waals surface area contributed by atoms with Crippen LogP contribution in [0, 0.1) is 0 Å². The quantitative estimate of drug-likeness (QED) is 0.412. The lowest BCUT2D eigenvalue weighted by Gasteiger charge is -2.12. The number of aromatic nitrogens is 2. The van der Waals surface area contributed by atoms with Gasteiger partial charge in [-0.1, -0.05) is 41.6 Å². The minimum Gasteiger partial charge on any atom is -0.484 e. The molecule has 1 heterocycles. The van der Waals surface area contributed by atoms with E-state index in [9.17, 15) is 4.79 Å². The second-order valence-corrected chi connectivity index (χ2v) is 6.77. The van der Waals surface area contributed by atoms with E-state index in [2.05, 4.69) is 20.8 Å². The van der Waals surface area contributed by atoms with Gasteiger partial charge >= 0.3 is 0 Å². The van der Waals surface area contributed by atoms with Crippen LogP contribution in [-0.2, 0) is 4.79 Å². The van der Waals surface area contributed by atoms with Crippen molar-refractivity contribution in [3.05, 3.63) is 65.9 Å². The van der Waals surface area contributed by atoms with E-state index in [0.29, 0.717) is 27.3 Å². The van der Waals surface area contributed by atoms with E-state index >= 15 is 0 Å². The number of carbonyl (C=O) groups is 1. The zero-order valence-electron chi connectivity index (χ0n) is 14.1. The molecule has 0 saturated carbocycles. The summed E-state index contributed by atoms with van der Waals surface area (Å²) in [5.74, 6) is 0.536. The van der Waals surface area contributed by atoms with Gasteiger partial charge in [-0.25, -0.2) is 9.97 Å². The summed E-state index contributed by atoms with van der Waals surface area (Å²) in [6, 6.07) is 16.4. The lowest BCUT2D eigenvalue weighted by atomic mass is 10.3. The van der Waals surface area contributed by atoms with E-state index in [4.69, 9.17) is 22.1 Å². The van der Waals surface area contributed by atoms with Crippen LogP contribution in [0.3, 0.4) is 0 Å². The van der Waals surface area contributed by atoms with E-state index < -0.39 is 0 Å². The Morgan fingerprint density at radius 2 is 1.85 bits per heavy atom. The number of anilines is 2. The summed E-state index contributed by atoms with van der Waals surface area (Å²) < 4.78 is 5.37. The second kappa shape index (κ2) is 9.11. The first-order valence-electron chi connectivity index (χ1n) is 7.88. The molecule has 2 aromatic carbocycles. The lowest BCUT2D eigenvalue weighted by molar-refractivity contribution is -0.122. The monoisotopic (exact) mass is 401 g/mol. The van der Waals surface area contributed by atoms with E-state index in [1.54, 1.807) is 24.3 Å². The fraction of sp³-hybridized carbons (Fsp3) is 0.0556. The predicted octanol–water partition coefficient (Wildman–Crippen LogP) is 3.39. The van der Waals surface area contributed by atoms with Gasteiger partial charge in [0.15, 0.2) is 12.4 Å². The number of hydrazine groups is 1. The van der Waals surface area contributed by atoms with Crippen molar-refractivity contribution >= 4 is 40.8 Å². The Kier molecular flexibility index (Phi) is 6.35. The standard InChI is InChI=1S/C18H16ClN5O2S/c19-12-6-8-14(9-7-12)27-18-16(20)17(21-11-22-18)24-23-15(25)10-26-13-4-2-1-3-5-13/h1-9,11H,10,20H2,(H,23,25)(H,21,22,24). The number of nitrogens with zero attached hydrogens (tertiary/aromatic N) is 2. The molecule has 0 aliphatic carbocycles. The van der Waals surface area contributed by atoms with Crippen molar-refractivity contribution in [2.24, 2.45) is 0 Å². The number of carbonyl (C=O) groups excluding carboxylic acids is 1. The number of hydrogen-bond acceptors (Lipinski definition) is 7. The molecule has 0 atom stereocenters. The van der Waals surface area contributed by atoms with Crippen molar-refractivity contribution in [3.63, 3.8) is 0 Å². The predicted molar refractivity (Wildman–Crippen MR) is 106 cm³/mol. The summed E-state index contributed by atoms with van der Waals surface area (Å²) >= 11 is 7.25. The third kappa shape index (κ3) is 5.50. The molecular formula is C18H16ClN5O2S. The zero-order chi connectivity index (χ0) is 19.1. The normalized spacial score (nSPS) is 10.3. The number of nitrogen functional groups attached to an aromatic ring is 1. The van der Waals surface area contributed by atoms with Crippen LogP contribution in [-0.4, -0.2) is 22.5 Å². The number of nitrogens with one attached hydrogen (secondary N) is 2. The first-order valence-corrected chi connectivity index (χ1v) is 9.08. The van der Waals surface area contributed by atoms with Crippen LogP contribution in [0.25, 0.3) is 0 Å². The molecule has 0 saturated heterocycles. The molecule has 0 unspecified atom stereocenters. The average Bonchev–Trinajstić information content (AvgIpc) is 2.69. The first-order chi connectivity index (χ1) is 13.1. The lowest BCUT2D eigenvalue weighted by Crippen LogP contribution is -2.34. The van der Waals surface area contributed by atoms with E-state index in [0.717, 1.165) is 4.90 Å². The van der Waals surface area contributed by atoms with Crippen LogP contribution in [0.15, 0.2) is 70.8 Å². The molecule has 0 fully saturated rings. The van der Waals surface area contributed by atoms with Gasteiger partial charge in [-0.05, 0) is 36.4 Å². The molecule has 27 heavy (non-hydrogen) atoms. The minimum absolute atomic E-state index is 0.144. The molecule has 0 spiro atoms. The van der Waals surface area contributed by atoms with Crippen LogP contribution < -0.4 is 21.3 Å². The fourth-order valence-electron chi connectivity index (χ4n) is 2.01. The number of para-hydroxylation sites is 1. The Balaban J connectivity index is 1.57. The Labute approximate surface area is 165 Å². The molecule has 0 aliphatic heterocycles. The average molecular weight is 402 g/mol. The summed E-state index contributed by atoms with van der Waals surface area (Å²) in [6.45, 7) is -0.144. The molecule has 3 aromatic rings. The zero-order valence-corrected chi connectivity index (χ0v) is 15.6. The van der Waals surface area contributed by atoms with Crippen LogP contribution in [0.4, 0.5) is 11.5 Å². The van der Waals surface area contributed by atoms with Crippen molar-refractivity contribution in [1.29, 1.82) is 0 Å². The van der Waals surface area contributed by atoms with Gasteiger partial charge in [0.05, 0.1) is 0 Å². The SMILES string of the molecule is Nc1c(NNC(=O)COc2ccccc2)ncnc1Sc1ccc(Cl)cc1. The third-order valence-electron chi connectivity index (χ3n) is 3.31. The molecule has 1 amide bonds. The molecule has 9 heteroatoms. The number of nitrogens with two attached hydrogens (primary N) is 1. The molecule has 0 radical (unpaired) electrons. The van der Waals surface area contributed by atoms with Crippen molar-refractivity contribution in [3.8, 4) is 5.75 Å². The Hall–Kier alpha value is -2.97. The van der Waals surface area contributed by atoms with Crippen LogP contribution in [0.5, 0.6) is 5.75 Å². The van der Waals surface area contributed by atoms with E-state index in [1.165, 1.54) is 18.1 Å². The minimum atomic E-state index is -0.372. The van der Waals surface area contributed by atoms with Gasteiger partial charge in [0.25, 0.3) is 5.91 Å². The molecule has 138 valence electrons. The third-order valence-corrected chi connectivity index (χ3v) is 4.59. The summed E-state index contributed by atoms with van der Waals surface area (Å²) in [6.07, 6.45) is 1.36. The molecule has 7 nitrogen and oxygen atoms in total. The number of halogens is 1. The highest BCUT2D eigenvalue weighted by atomic mass is 35.5. The fourth-order valence-corrected chi connectivity index (χ4v) is 2.93. The largest absolute Gasteiger partial charge is 0.484 e. The number of rotatable bonds is 7. The van der Waals surface area contributed by atoms with Crippen molar-refractivity contribution in [2.75, 3.05) is 17.8 Å². The van der Waals surface area contributed by atoms with Gasteiger partial charge in [-0.15, -0.1) is 0 Å². The molecule has 3 rings (SSSR count). The van der Waals surface area contributed by atoms with E-state index in [1.807, 2.05) is 30.3 Å². The Morgan fingerprint density at radius 1 is 1.11 bits per heavy atom. The maximum atomic E-state index is 11.9. The van der Waals surface area contributed by atoms with Crippen LogP contribution in [0.2, 0.25) is 5.02 Å². The highest BCUT2D eigenvalue weighted by molar-refractivity contribution is 7.99. The molecule has 1 aromatic heterocycles. The highest BCUT2D eigenvalue weighted by Gasteiger charge is 2.11. The summed E-state index contributed by atoms with van der Waals surface area (Å²) in [4.78, 5) is 21.1. The topological polar surface area (TPSA) is 102 Å².